The number of aromatic nitrogens is 5. The normalized spacial score (nSPS) is 14.2. The largest absolute Gasteiger partial charge is 0.330 e. The second-order valence-electron chi connectivity index (χ2n) is 5.80. The Hall–Kier alpha value is -2.81. The first kappa shape index (κ1) is 15.7. The van der Waals surface area contributed by atoms with Gasteiger partial charge in [-0.2, -0.15) is 5.10 Å². The van der Waals surface area contributed by atoms with Crippen LogP contribution in [0.4, 0.5) is 0 Å². The van der Waals surface area contributed by atoms with Crippen molar-refractivity contribution in [2.24, 2.45) is 0 Å². The molecular weight excluding hydrogens is 340 g/mol. The van der Waals surface area contributed by atoms with Crippen molar-refractivity contribution in [1.82, 2.24) is 29.2 Å². The van der Waals surface area contributed by atoms with E-state index in [-0.39, 0.29) is 11.5 Å². The van der Waals surface area contributed by atoms with Gasteiger partial charge in [-0.05, 0) is 17.9 Å². The highest BCUT2D eigenvalue weighted by Crippen LogP contribution is 2.16. The van der Waals surface area contributed by atoms with Gasteiger partial charge >= 0.3 is 0 Å². The molecule has 0 bridgehead atoms. The summed E-state index contributed by atoms with van der Waals surface area (Å²) in [4.78, 5) is 36.1. The van der Waals surface area contributed by atoms with Gasteiger partial charge in [-0.3, -0.25) is 14.2 Å². The average Bonchev–Trinajstić information content (AvgIpc) is 3.25. The van der Waals surface area contributed by atoms with E-state index < -0.39 is 0 Å². The lowest BCUT2D eigenvalue weighted by atomic mass is 10.3. The highest BCUT2D eigenvalue weighted by molar-refractivity contribution is 7.12. The Labute approximate surface area is 147 Å². The van der Waals surface area contributed by atoms with Gasteiger partial charge in [-0.1, -0.05) is 6.07 Å². The van der Waals surface area contributed by atoms with Crippen LogP contribution >= 0.6 is 11.3 Å². The Morgan fingerprint density at radius 1 is 1.32 bits per heavy atom. The van der Waals surface area contributed by atoms with Crippen molar-refractivity contribution in [3.05, 3.63) is 63.0 Å². The molecule has 4 heterocycles. The van der Waals surface area contributed by atoms with Crippen LogP contribution < -0.4 is 5.56 Å². The monoisotopic (exact) mass is 356 g/mol. The highest BCUT2D eigenvalue weighted by atomic mass is 32.1. The number of hydrogen-bond acceptors (Lipinski definition) is 6. The van der Waals surface area contributed by atoms with Crippen LogP contribution in [0.15, 0.2) is 41.0 Å². The third-order valence-corrected chi connectivity index (χ3v) is 4.95. The Kier molecular flexibility index (Phi) is 4.14. The van der Waals surface area contributed by atoms with E-state index in [0.717, 1.165) is 6.42 Å². The molecule has 0 saturated heterocycles. The maximum atomic E-state index is 12.6. The molecule has 0 aliphatic carbocycles. The van der Waals surface area contributed by atoms with E-state index in [1.54, 1.807) is 20.5 Å². The zero-order chi connectivity index (χ0) is 17.2. The molecule has 0 radical (unpaired) electrons. The minimum atomic E-state index is -0.0921. The lowest BCUT2D eigenvalue weighted by Crippen LogP contribution is -2.32. The Morgan fingerprint density at radius 2 is 2.24 bits per heavy atom. The molecule has 3 aromatic heterocycles. The van der Waals surface area contributed by atoms with E-state index in [0.29, 0.717) is 42.6 Å². The molecule has 0 unspecified atom stereocenters. The zero-order valence-electron chi connectivity index (χ0n) is 13.4. The Morgan fingerprint density at radius 3 is 3.00 bits per heavy atom. The second-order valence-corrected chi connectivity index (χ2v) is 6.75. The van der Waals surface area contributed by atoms with Gasteiger partial charge in [-0.25, -0.2) is 14.6 Å². The molecule has 3 aromatic rings. The standard InChI is InChI=1S/C16H16N6O2S/c23-15-7-12(8-21-11-17-10-18-21)19-14-9-20(4-2-5-22(14)15)16(24)13-3-1-6-25-13/h1,3,6-7,10-11H,2,4-5,8-9H2. The van der Waals surface area contributed by atoms with Gasteiger partial charge in [0.1, 0.15) is 18.5 Å². The van der Waals surface area contributed by atoms with Crippen LogP contribution in [0.5, 0.6) is 0 Å². The lowest BCUT2D eigenvalue weighted by Gasteiger charge is -2.19. The fraction of sp³-hybridized carbons (Fsp3) is 0.312. The molecule has 0 spiro atoms. The maximum Gasteiger partial charge on any atom is 0.264 e. The summed E-state index contributed by atoms with van der Waals surface area (Å²) in [6.45, 7) is 1.88. The Bertz CT molecular complexity index is 932. The average molecular weight is 356 g/mol. The number of hydrogen-bond donors (Lipinski definition) is 0. The van der Waals surface area contributed by atoms with Crippen molar-refractivity contribution in [3.63, 3.8) is 0 Å². The number of thiophene rings is 1. The quantitative estimate of drug-likeness (QED) is 0.699. The van der Waals surface area contributed by atoms with Crippen LogP contribution in [0, 0.1) is 0 Å². The van der Waals surface area contributed by atoms with E-state index in [2.05, 4.69) is 15.1 Å². The van der Waals surface area contributed by atoms with Crippen LogP contribution in [0.2, 0.25) is 0 Å². The molecule has 0 atom stereocenters. The topological polar surface area (TPSA) is 85.9 Å². The van der Waals surface area contributed by atoms with Gasteiger partial charge in [0.05, 0.1) is 23.7 Å². The number of nitrogens with zero attached hydrogens (tertiary/aromatic N) is 6. The number of rotatable bonds is 3. The maximum absolute atomic E-state index is 12.6. The van der Waals surface area contributed by atoms with E-state index in [9.17, 15) is 9.59 Å². The van der Waals surface area contributed by atoms with Gasteiger partial charge in [0.25, 0.3) is 11.5 Å². The minimum absolute atomic E-state index is 0.0145. The van der Waals surface area contributed by atoms with Crippen molar-refractivity contribution in [3.8, 4) is 0 Å². The summed E-state index contributed by atoms with van der Waals surface area (Å²) in [6, 6.07) is 5.21. The van der Waals surface area contributed by atoms with E-state index >= 15 is 0 Å². The second kappa shape index (κ2) is 6.60. The summed E-state index contributed by atoms with van der Waals surface area (Å²) >= 11 is 1.42. The van der Waals surface area contributed by atoms with Crippen molar-refractivity contribution in [2.45, 2.75) is 26.1 Å². The van der Waals surface area contributed by atoms with Crippen molar-refractivity contribution < 1.29 is 4.79 Å². The number of carbonyl (C=O) groups is 1. The number of fused-ring (bicyclic) bond motifs is 1. The van der Waals surface area contributed by atoms with E-state index in [1.165, 1.54) is 23.7 Å². The summed E-state index contributed by atoms with van der Waals surface area (Å²) in [5, 5.41) is 5.93. The molecule has 1 aliphatic heterocycles. The number of carbonyl (C=O) groups excluding carboxylic acids is 1. The highest BCUT2D eigenvalue weighted by Gasteiger charge is 2.22. The molecule has 0 saturated carbocycles. The third-order valence-electron chi connectivity index (χ3n) is 4.09. The smallest absolute Gasteiger partial charge is 0.264 e. The first-order chi connectivity index (χ1) is 12.2. The molecular formula is C16H16N6O2S. The molecule has 4 rings (SSSR count). The van der Waals surface area contributed by atoms with Crippen molar-refractivity contribution in [2.75, 3.05) is 6.54 Å². The summed E-state index contributed by atoms with van der Waals surface area (Å²) in [5.41, 5.74) is 0.526. The van der Waals surface area contributed by atoms with Crippen LogP contribution in [-0.4, -0.2) is 41.7 Å². The summed E-state index contributed by atoms with van der Waals surface area (Å²) in [5.74, 6) is 0.601. The first-order valence-corrected chi connectivity index (χ1v) is 8.83. The summed E-state index contributed by atoms with van der Waals surface area (Å²) in [6.07, 6.45) is 3.75. The molecule has 1 aliphatic rings. The fourth-order valence-corrected chi connectivity index (χ4v) is 3.62. The first-order valence-electron chi connectivity index (χ1n) is 7.95. The molecule has 0 fully saturated rings. The van der Waals surface area contributed by atoms with E-state index in [4.69, 9.17) is 0 Å². The molecule has 25 heavy (non-hydrogen) atoms. The van der Waals surface area contributed by atoms with Gasteiger partial charge in [0.15, 0.2) is 0 Å². The molecule has 8 nitrogen and oxygen atoms in total. The van der Waals surface area contributed by atoms with Gasteiger partial charge in [0.2, 0.25) is 0 Å². The predicted octanol–water partition coefficient (Wildman–Crippen LogP) is 0.991. The lowest BCUT2D eigenvalue weighted by molar-refractivity contribution is 0.0748. The van der Waals surface area contributed by atoms with Crippen LogP contribution in [0.1, 0.15) is 27.6 Å². The van der Waals surface area contributed by atoms with E-state index in [1.807, 2.05) is 17.5 Å². The zero-order valence-corrected chi connectivity index (χ0v) is 14.2. The van der Waals surface area contributed by atoms with Gasteiger partial charge in [-0.15, -0.1) is 11.3 Å². The van der Waals surface area contributed by atoms with Crippen molar-refractivity contribution in [1.29, 1.82) is 0 Å². The fourth-order valence-electron chi connectivity index (χ4n) is 2.93. The molecule has 0 aromatic carbocycles. The SMILES string of the molecule is O=C(c1cccs1)N1CCCn2c(nc(Cn3cncn3)cc2=O)C1. The van der Waals surface area contributed by atoms with Crippen LogP contribution in [-0.2, 0) is 19.6 Å². The summed E-state index contributed by atoms with van der Waals surface area (Å²) in [7, 11) is 0. The molecule has 9 heteroatoms. The molecule has 0 N–H and O–H groups in total. The van der Waals surface area contributed by atoms with Gasteiger partial charge < -0.3 is 4.90 Å². The van der Waals surface area contributed by atoms with Crippen LogP contribution in [0.25, 0.3) is 0 Å². The van der Waals surface area contributed by atoms with Crippen molar-refractivity contribution >= 4 is 17.2 Å². The number of amides is 1. The Balaban J connectivity index is 1.64. The van der Waals surface area contributed by atoms with Gasteiger partial charge in [0, 0.05) is 19.2 Å². The third kappa shape index (κ3) is 3.22. The predicted molar refractivity (Wildman–Crippen MR) is 91.3 cm³/mol. The van der Waals surface area contributed by atoms with Crippen LogP contribution in [0.3, 0.4) is 0 Å². The molecule has 1 amide bonds. The minimum Gasteiger partial charge on any atom is -0.330 e. The summed E-state index contributed by atoms with van der Waals surface area (Å²) < 4.78 is 3.27. The molecule has 128 valence electrons.